The van der Waals surface area contributed by atoms with Gasteiger partial charge in [-0.1, -0.05) is 36.8 Å². The molecule has 0 bridgehead atoms. The number of aryl methyl sites for hydroxylation is 1. The highest BCUT2D eigenvalue weighted by Gasteiger charge is 2.10. The molecule has 3 nitrogen and oxygen atoms in total. The van der Waals surface area contributed by atoms with Crippen molar-refractivity contribution in [1.29, 1.82) is 0 Å². The molecular formula is C16H19N3S. The molecule has 1 aromatic carbocycles. The van der Waals surface area contributed by atoms with Crippen LogP contribution in [0.5, 0.6) is 0 Å². The van der Waals surface area contributed by atoms with Gasteiger partial charge in [0.15, 0.2) is 5.11 Å². The molecule has 1 aromatic heterocycles. The Morgan fingerprint density at radius 2 is 2.00 bits per heavy atom. The van der Waals surface area contributed by atoms with E-state index >= 15 is 0 Å². The normalized spacial score (nSPS) is 11.7. The Morgan fingerprint density at radius 1 is 1.25 bits per heavy atom. The number of aromatic nitrogens is 1. The number of anilines is 1. The number of rotatable bonds is 4. The van der Waals surface area contributed by atoms with Crippen molar-refractivity contribution >= 4 is 23.0 Å². The second-order valence-corrected chi connectivity index (χ2v) is 5.12. The quantitative estimate of drug-likeness (QED) is 0.837. The molecule has 4 heteroatoms. The summed E-state index contributed by atoms with van der Waals surface area (Å²) < 4.78 is 0. The summed E-state index contributed by atoms with van der Waals surface area (Å²) >= 11 is 5.35. The third kappa shape index (κ3) is 4.03. The molecular weight excluding hydrogens is 266 g/mol. The molecule has 0 aliphatic rings. The minimum Gasteiger partial charge on any atom is -0.356 e. The fourth-order valence-electron chi connectivity index (χ4n) is 1.98. The molecule has 0 aliphatic heterocycles. The zero-order valence-corrected chi connectivity index (χ0v) is 12.6. The van der Waals surface area contributed by atoms with Crippen LogP contribution >= 0.6 is 12.2 Å². The van der Waals surface area contributed by atoms with Crippen molar-refractivity contribution in [1.82, 2.24) is 10.3 Å². The van der Waals surface area contributed by atoms with Gasteiger partial charge in [-0.05, 0) is 43.3 Å². The summed E-state index contributed by atoms with van der Waals surface area (Å²) in [6, 6.07) is 12.6. The van der Waals surface area contributed by atoms with Gasteiger partial charge in [-0.15, -0.1) is 0 Å². The summed E-state index contributed by atoms with van der Waals surface area (Å²) in [4.78, 5) is 4.05. The molecule has 0 unspecified atom stereocenters. The molecule has 104 valence electrons. The third-order valence-corrected chi connectivity index (χ3v) is 3.33. The predicted molar refractivity (Wildman–Crippen MR) is 87.8 cm³/mol. The van der Waals surface area contributed by atoms with E-state index in [1.165, 1.54) is 11.1 Å². The lowest BCUT2D eigenvalue weighted by atomic mass is 10.0. The van der Waals surface area contributed by atoms with Crippen LogP contribution in [0.25, 0.3) is 0 Å². The number of pyridine rings is 1. The van der Waals surface area contributed by atoms with Gasteiger partial charge in [0.2, 0.25) is 0 Å². The summed E-state index contributed by atoms with van der Waals surface area (Å²) in [6.45, 7) is 4.23. The lowest BCUT2D eigenvalue weighted by Crippen LogP contribution is -2.32. The molecule has 0 spiro atoms. The van der Waals surface area contributed by atoms with Crippen molar-refractivity contribution in [2.45, 2.75) is 26.3 Å². The maximum absolute atomic E-state index is 5.35. The van der Waals surface area contributed by atoms with Gasteiger partial charge in [0.25, 0.3) is 0 Å². The third-order valence-electron chi connectivity index (χ3n) is 3.11. The summed E-state index contributed by atoms with van der Waals surface area (Å²) in [5, 5.41) is 7.11. The van der Waals surface area contributed by atoms with Crippen molar-refractivity contribution in [3.05, 3.63) is 59.9 Å². The van der Waals surface area contributed by atoms with Crippen molar-refractivity contribution in [2.75, 3.05) is 5.32 Å². The van der Waals surface area contributed by atoms with Crippen LogP contribution in [0.15, 0.2) is 48.8 Å². The van der Waals surface area contributed by atoms with Crippen molar-refractivity contribution in [3.63, 3.8) is 0 Å². The van der Waals surface area contributed by atoms with E-state index in [1.807, 2.05) is 12.1 Å². The Labute approximate surface area is 125 Å². The van der Waals surface area contributed by atoms with Gasteiger partial charge in [-0.25, -0.2) is 0 Å². The predicted octanol–water partition coefficient (Wildman–Crippen LogP) is 3.83. The summed E-state index contributed by atoms with van der Waals surface area (Å²) in [5.41, 5.74) is 3.40. The Morgan fingerprint density at radius 3 is 2.60 bits per heavy atom. The average Bonchev–Trinajstić information content (AvgIpc) is 2.47. The molecule has 1 atom stereocenters. The second-order valence-electron chi connectivity index (χ2n) is 4.71. The van der Waals surface area contributed by atoms with Gasteiger partial charge in [0, 0.05) is 6.20 Å². The maximum atomic E-state index is 5.35. The Hall–Kier alpha value is -1.94. The van der Waals surface area contributed by atoms with Crippen molar-refractivity contribution in [2.24, 2.45) is 0 Å². The summed E-state index contributed by atoms with van der Waals surface area (Å²) in [7, 11) is 0. The molecule has 0 saturated carbocycles. The Kier molecular flexibility index (Phi) is 5.07. The molecule has 0 aliphatic carbocycles. The first-order valence-electron chi connectivity index (χ1n) is 6.73. The highest BCUT2D eigenvalue weighted by atomic mass is 32.1. The zero-order chi connectivity index (χ0) is 14.4. The Bertz CT molecular complexity index is 552. The lowest BCUT2D eigenvalue weighted by Gasteiger charge is -2.20. The van der Waals surface area contributed by atoms with E-state index in [1.54, 1.807) is 12.4 Å². The monoisotopic (exact) mass is 285 g/mol. The largest absolute Gasteiger partial charge is 0.356 e. The van der Waals surface area contributed by atoms with E-state index in [2.05, 4.69) is 53.7 Å². The van der Waals surface area contributed by atoms with Crippen molar-refractivity contribution < 1.29 is 0 Å². The minimum absolute atomic E-state index is 0.215. The summed E-state index contributed by atoms with van der Waals surface area (Å²) in [5.74, 6) is 0. The van der Waals surface area contributed by atoms with E-state index in [-0.39, 0.29) is 6.04 Å². The number of hydrogen-bond acceptors (Lipinski definition) is 2. The SMILES string of the molecule is CC[C@@H](NC(=S)Nc1cccnc1)c1ccc(C)cc1. The first kappa shape index (κ1) is 14.5. The topological polar surface area (TPSA) is 37.0 Å². The van der Waals surface area contributed by atoms with Crippen LogP contribution in [0.4, 0.5) is 5.69 Å². The number of nitrogens with one attached hydrogen (secondary N) is 2. The number of benzene rings is 1. The van der Waals surface area contributed by atoms with Crippen LogP contribution in [-0.2, 0) is 0 Å². The van der Waals surface area contributed by atoms with Gasteiger partial charge in [-0.2, -0.15) is 0 Å². The molecule has 2 rings (SSSR count). The van der Waals surface area contributed by atoms with Crippen LogP contribution in [0.1, 0.15) is 30.5 Å². The van der Waals surface area contributed by atoms with Crippen LogP contribution < -0.4 is 10.6 Å². The van der Waals surface area contributed by atoms with Gasteiger partial charge in [0.05, 0.1) is 17.9 Å². The molecule has 0 radical (unpaired) electrons. The molecule has 1 heterocycles. The standard InChI is InChI=1S/C16H19N3S/c1-3-15(13-8-6-12(2)7-9-13)19-16(20)18-14-5-4-10-17-11-14/h4-11,15H,3H2,1-2H3,(H2,18,19,20)/t15-/m1/s1. The molecule has 0 fully saturated rings. The summed E-state index contributed by atoms with van der Waals surface area (Å²) in [6.07, 6.45) is 4.46. The smallest absolute Gasteiger partial charge is 0.171 e. The first-order chi connectivity index (χ1) is 9.69. The zero-order valence-electron chi connectivity index (χ0n) is 11.8. The van der Waals surface area contributed by atoms with Crippen LogP contribution in [-0.4, -0.2) is 10.1 Å². The van der Waals surface area contributed by atoms with Gasteiger partial charge < -0.3 is 10.6 Å². The highest BCUT2D eigenvalue weighted by molar-refractivity contribution is 7.80. The van der Waals surface area contributed by atoms with Gasteiger partial charge in [-0.3, -0.25) is 4.98 Å². The van der Waals surface area contributed by atoms with E-state index < -0.39 is 0 Å². The van der Waals surface area contributed by atoms with Crippen LogP contribution in [0.3, 0.4) is 0 Å². The van der Waals surface area contributed by atoms with Crippen molar-refractivity contribution in [3.8, 4) is 0 Å². The van der Waals surface area contributed by atoms with E-state index in [9.17, 15) is 0 Å². The van der Waals surface area contributed by atoms with Gasteiger partial charge >= 0.3 is 0 Å². The molecule has 2 aromatic rings. The average molecular weight is 285 g/mol. The number of nitrogens with zero attached hydrogens (tertiary/aromatic N) is 1. The van der Waals surface area contributed by atoms with E-state index in [4.69, 9.17) is 12.2 Å². The van der Waals surface area contributed by atoms with E-state index in [0.29, 0.717) is 5.11 Å². The fraction of sp³-hybridized carbons (Fsp3) is 0.250. The maximum Gasteiger partial charge on any atom is 0.171 e. The second kappa shape index (κ2) is 7.01. The highest BCUT2D eigenvalue weighted by Crippen LogP contribution is 2.17. The fourth-order valence-corrected chi connectivity index (χ4v) is 2.24. The van der Waals surface area contributed by atoms with Crippen LogP contribution in [0.2, 0.25) is 0 Å². The number of hydrogen-bond donors (Lipinski definition) is 2. The van der Waals surface area contributed by atoms with Gasteiger partial charge in [0.1, 0.15) is 0 Å². The minimum atomic E-state index is 0.215. The number of thiocarbonyl (C=S) groups is 1. The Balaban J connectivity index is 1.99. The molecule has 0 saturated heterocycles. The molecule has 2 N–H and O–H groups in total. The van der Waals surface area contributed by atoms with E-state index in [0.717, 1.165) is 12.1 Å². The first-order valence-corrected chi connectivity index (χ1v) is 7.14. The van der Waals surface area contributed by atoms with Crippen LogP contribution in [0, 0.1) is 6.92 Å². The lowest BCUT2D eigenvalue weighted by molar-refractivity contribution is 0.629. The molecule has 20 heavy (non-hydrogen) atoms. The molecule has 0 amide bonds.